The second-order valence-electron chi connectivity index (χ2n) is 6.75. The summed E-state index contributed by atoms with van der Waals surface area (Å²) in [4.78, 5) is 14.8. The minimum absolute atomic E-state index is 0.108. The number of ether oxygens (including phenoxy) is 2. The van der Waals surface area contributed by atoms with E-state index in [0.717, 1.165) is 27.8 Å². The fourth-order valence-electron chi connectivity index (χ4n) is 3.53. The average Bonchev–Trinajstić information content (AvgIpc) is 2.72. The van der Waals surface area contributed by atoms with Gasteiger partial charge in [0.15, 0.2) is 17.6 Å². The van der Waals surface area contributed by atoms with Crippen LogP contribution in [0.15, 0.2) is 66.7 Å². The second-order valence-corrected chi connectivity index (χ2v) is 6.75. The molecule has 1 atom stereocenters. The van der Waals surface area contributed by atoms with Crippen LogP contribution in [0, 0.1) is 0 Å². The van der Waals surface area contributed by atoms with Gasteiger partial charge in [0, 0.05) is 6.54 Å². The maximum absolute atomic E-state index is 12.9. The van der Waals surface area contributed by atoms with Gasteiger partial charge >= 0.3 is 0 Å². The maximum Gasteiger partial charge on any atom is 0.227 e. The summed E-state index contributed by atoms with van der Waals surface area (Å²) in [6.07, 6.45) is 0.232. The molecule has 4 rings (SSSR count). The smallest absolute Gasteiger partial charge is 0.227 e. The number of hydrogen-bond donors (Lipinski definition) is 0. The molecular formula is C23H23NO3. The summed E-state index contributed by atoms with van der Waals surface area (Å²) in [5.74, 6) is 1.61. The number of rotatable bonds is 5. The third kappa shape index (κ3) is 3.75. The van der Waals surface area contributed by atoms with Gasteiger partial charge in [-0.2, -0.15) is 0 Å². The molecule has 27 heavy (non-hydrogen) atoms. The van der Waals surface area contributed by atoms with E-state index < -0.39 is 0 Å². The molecule has 0 aliphatic carbocycles. The van der Waals surface area contributed by atoms with Crippen LogP contribution >= 0.6 is 0 Å². The third-order valence-corrected chi connectivity index (χ3v) is 4.95. The maximum atomic E-state index is 12.9. The van der Waals surface area contributed by atoms with E-state index in [-0.39, 0.29) is 12.0 Å². The molecule has 1 aliphatic rings. The largest absolute Gasteiger partial charge is 0.486 e. The summed E-state index contributed by atoms with van der Waals surface area (Å²) in [5, 5.41) is 2.29. The number of carbonyl (C=O) groups is 1. The minimum atomic E-state index is -0.156. The highest BCUT2D eigenvalue weighted by atomic mass is 16.6. The summed E-state index contributed by atoms with van der Waals surface area (Å²) >= 11 is 0. The van der Waals surface area contributed by atoms with Gasteiger partial charge in [-0.1, -0.05) is 54.6 Å². The van der Waals surface area contributed by atoms with E-state index in [1.165, 1.54) is 0 Å². The van der Waals surface area contributed by atoms with Crippen LogP contribution in [-0.4, -0.2) is 36.6 Å². The summed E-state index contributed by atoms with van der Waals surface area (Å²) in [6, 6.07) is 21.9. The molecule has 0 saturated carbocycles. The monoisotopic (exact) mass is 361 g/mol. The topological polar surface area (TPSA) is 38.8 Å². The predicted molar refractivity (Wildman–Crippen MR) is 106 cm³/mol. The zero-order valence-corrected chi connectivity index (χ0v) is 15.4. The fraction of sp³-hybridized carbons (Fsp3) is 0.261. The van der Waals surface area contributed by atoms with Gasteiger partial charge in [-0.05, 0) is 35.4 Å². The highest BCUT2D eigenvalue weighted by Crippen LogP contribution is 2.31. The number of hydrogen-bond acceptors (Lipinski definition) is 3. The van der Waals surface area contributed by atoms with Crippen LogP contribution in [0.4, 0.5) is 0 Å². The van der Waals surface area contributed by atoms with Gasteiger partial charge in [-0.15, -0.1) is 0 Å². The molecule has 0 fully saturated rings. The molecule has 0 saturated heterocycles. The summed E-state index contributed by atoms with van der Waals surface area (Å²) in [7, 11) is 0. The number of carbonyl (C=O) groups excluding carboxylic acids is 1. The van der Waals surface area contributed by atoms with Crippen molar-refractivity contribution in [1.29, 1.82) is 0 Å². The molecule has 0 aromatic heterocycles. The Hall–Kier alpha value is -3.01. The van der Waals surface area contributed by atoms with Crippen molar-refractivity contribution in [2.75, 3.05) is 19.7 Å². The molecule has 1 amide bonds. The summed E-state index contributed by atoms with van der Waals surface area (Å²) in [6.45, 7) is 3.62. The van der Waals surface area contributed by atoms with E-state index in [0.29, 0.717) is 26.1 Å². The average molecular weight is 361 g/mol. The van der Waals surface area contributed by atoms with Crippen molar-refractivity contribution in [3.8, 4) is 11.5 Å². The van der Waals surface area contributed by atoms with Crippen LogP contribution in [0.5, 0.6) is 11.5 Å². The van der Waals surface area contributed by atoms with Gasteiger partial charge in [0.1, 0.15) is 6.61 Å². The first-order chi connectivity index (χ1) is 13.2. The molecule has 138 valence electrons. The van der Waals surface area contributed by atoms with Crippen LogP contribution in [0.2, 0.25) is 0 Å². The number of nitrogens with zero attached hydrogens (tertiary/aromatic N) is 1. The molecule has 0 N–H and O–H groups in total. The highest BCUT2D eigenvalue weighted by Gasteiger charge is 2.25. The van der Waals surface area contributed by atoms with Crippen molar-refractivity contribution in [2.24, 2.45) is 0 Å². The first-order valence-corrected chi connectivity index (χ1v) is 9.37. The quantitative estimate of drug-likeness (QED) is 0.688. The number of likely N-dealkylation sites (N-methyl/N-ethyl adjacent to an activating group) is 1. The van der Waals surface area contributed by atoms with Gasteiger partial charge in [-0.25, -0.2) is 0 Å². The van der Waals surface area contributed by atoms with Crippen LogP contribution in [0.25, 0.3) is 10.8 Å². The van der Waals surface area contributed by atoms with Gasteiger partial charge in [0.2, 0.25) is 5.91 Å². The van der Waals surface area contributed by atoms with E-state index in [9.17, 15) is 4.79 Å². The lowest BCUT2D eigenvalue weighted by Crippen LogP contribution is -2.44. The molecule has 3 aromatic carbocycles. The van der Waals surface area contributed by atoms with Crippen molar-refractivity contribution in [1.82, 2.24) is 4.90 Å². The van der Waals surface area contributed by atoms with Crippen molar-refractivity contribution >= 4 is 16.7 Å². The Morgan fingerprint density at radius 2 is 1.74 bits per heavy atom. The van der Waals surface area contributed by atoms with Crippen LogP contribution < -0.4 is 9.47 Å². The first-order valence-electron chi connectivity index (χ1n) is 9.37. The molecule has 0 spiro atoms. The lowest BCUT2D eigenvalue weighted by atomic mass is 10.0. The Balaban J connectivity index is 1.46. The third-order valence-electron chi connectivity index (χ3n) is 4.95. The highest BCUT2D eigenvalue weighted by molar-refractivity contribution is 5.90. The SMILES string of the molecule is CCN(C[C@H]1COc2ccccc2O1)C(=O)Cc1cccc2ccccc12. The zero-order valence-electron chi connectivity index (χ0n) is 15.4. The lowest BCUT2D eigenvalue weighted by molar-refractivity contribution is -0.131. The summed E-state index contributed by atoms with van der Waals surface area (Å²) in [5.41, 5.74) is 1.06. The minimum Gasteiger partial charge on any atom is -0.486 e. The number of benzene rings is 3. The van der Waals surface area contributed by atoms with Gasteiger partial charge in [0.05, 0.1) is 13.0 Å². The lowest BCUT2D eigenvalue weighted by Gasteiger charge is -2.31. The molecule has 1 aliphatic heterocycles. The molecular weight excluding hydrogens is 338 g/mol. The van der Waals surface area contributed by atoms with Crippen LogP contribution in [0.1, 0.15) is 12.5 Å². The number of fused-ring (bicyclic) bond motifs is 2. The Kier molecular flexibility index (Phi) is 4.97. The molecule has 0 bridgehead atoms. The van der Waals surface area contributed by atoms with E-state index in [1.54, 1.807) is 0 Å². The van der Waals surface area contributed by atoms with E-state index >= 15 is 0 Å². The van der Waals surface area contributed by atoms with Crippen molar-refractivity contribution in [2.45, 2.75) is 19.4 Å². The Labute approximate surface area is 159 Å². The molecule has 0 radical (unpaired) electrons. The molecule has 0 unspecified atom stereocenters. The Bertz CT molecular complexity index is 948. The number of para-hydroxylation sites is 2. The summed E-state index contributed by atoms with van der Waals surface area (Å²) < 4.78 is 11.8. The van der Waals surface area contributed by atoms with Crippen molar-refractivity contribution < 1.29 is 14.3 Å². The van der Waals surface area contributed by atoms with Gasteiger partial charge in [-0.3, -0.25) is 4.79 Å². The molecule has 1 heterocycles. The van der Waals surface area contributed by atoms with E-state index in [1.807, 2.05) is 60.4 Å². The van der Waals surface area contributed by atoms with E-state index in [4.69, 9.17) is 9.47 Å². The number of amides is 1. The van der Waals surface area contributed by atoms with Crippen molar-refractivity contribution in [3.63, 3.8) is 0 Å². The van der Waals surface area contributed by atoms with Gasteiger partial charge < -0.3 is 14.4 Å². The normalized spacial score (nSPS) is 15.5. The van der Waals surface area contributed by atoms with E-state index in [2.05, 4.69) is 18.2 Å². The van der Waals surface area contributed by atoms with Crippen LogP contribution in [0.3, 0.4) is 0 Å². The second kappa shape index (κ2) is 7.70. The predicted octanol–water partition coefficient (Wildman–Crippen LogP) is 4.07. The molecule has 4 heteroatoms. The Morgan fingerprint density at radius 1 is 1.00 bits per heavy atom. The standard InChI is InChI=1S/C23H23NO3/c1-2-24(15-19-16-26-21-12-5-6-13-22(21)27-19)23(25)14-18-10-7-9-17-8-3-4-11-20(17)18/h3-13,19H,2,14-16H2,1H3/t19-/m0/s1. The first kappa shape index (κ1) is 17.4. The molecule has 4 nitrogen and oxygen atoms in total. The molecule has 3 aromatic rings. The Morgan fingerprint density at radius 3 is 2.59 bits per heavy atom. The fourth-order valence-corrected chi connectivity index (χ4v) is 3.53. The van der Waals surface area contributed by atoms with Crippen LogP contribution in [-0.2, 0) is 11.2 Å². The zero-order chi connectivity index (χ0) is 18.6. The van der Waals surface area contributed by atoms with Gasteiger partial charge in [0.25, 0.3) is 0 Å². The van der Waals surface area contributed by atoms with Crippen molar-refractivity contribution in [3.05, 3.63) is 72.3 Å².